The van der Waals surface area contributed by atoms with E-state index < -0.39 is 12.6 Å². The number of terminal acetylenes is 1. The fraction of sp³-hybridized carbons (Fsp3) is 0.750. The Morgan fingerprint density at radius 3 is 2.47 bits per heavy atom. The second-order valence-corrected chi connectivity index (χ2v) is 5.16. The van der Waals surface area contributed by atoms with Gasteiger partial charge in [0.25, 0.3) is 0 Å². The number of thioether (sulfide) groups is 1. The maximum absolute atomic E-state index is 11.9. The second-order valence-electron chi connectivity index (χ2n) is 3.85. The van der Waals surface area contributed by atoms with Gasteiger partial charge in [-0.2, -0.15) is 18.4 Å². The third-order valence-corrected chi connectivity index (χ3v) is 3.42. The SMILES string of the molecule is C#CC(C)CCCC(C#N)SCCC(F)(F)F. The summed E-state index contributed by atoms with van der Waals surface area (Å²) in [6.45, 7) is 1.91. The van der Waals surface area contributed by atoms with Crippen LogP contribution in [-0.4, -0.2) is 17.2 Å². The molecule has 0 spiro atoms. The molecule has 0 radical (unpaired) electrons. The van der Waals surface area contributed by atoms with Gasteiger partial charge in [0.1, 0.15) is 0 Å². The summed E-state index contributed by atoms with van der Waals surface area (Å²) in [5.41, 5.74) is 0. The van der Waals surface area contributed by atoms with Crippen molar-refractivity contribution in [1.82, 2.24) is 0 Å². The average Bonchev–Trinajstić information content (AvgIpc) is 2.25. The van der Waals surface area contributed by atoms with Crippen LogP contribution in [-0.2, 0) is 0 Å². The topological polar surface area (TPSA) is 23.8 Å². The maximum atomic E-state index is 11.9. The number of rotatable bonds is 7. The van der Waals surface area contributed by atoms with Gasteiger partial charge in [0, 0.05) is 11.7 Å². The number of nitrogens with zero attached hydrogens (tertiary/aromatic N) is 1. The summed E-state index contributed by atoms with van der Waals surface area (Å²) < 4.78 is 35.7. The van der Waals surface area contributed by atoms with Crippen LogP contribution in [0.15, 0.2) is 0 Å². The Hall–Kier alpha value is -0.810. The van der Waals surface area contributed by atoms with Crippen molar-refractivity contribution in [3.8, 4) is 18.4 Å². The van der Waals surface area contributed by atoms with Gasteiger partial charge < -0.3 is 0 Å². The van der Waals surface area contributed by atoms with E-state index in [1.54, 1.807) is 0 Å². The van der Waals surface area contributed by atoms with Crippen LogP contribution in [0.4, 0.5) is 13.2 Å². The van der Waals surface area contributed by atoms with Crippen molar-refractivity contribution in [3.05, 3.63) is 0 Å². The molecule has 0 heterocycles. The summed E-state index contributed by atoms with van der Waals surface area (Å²) in [6.07, 6.45) is 2.43. The molecule has 96 valence electrons. The summed E-state index contributed by atoms with van der Waals surface area (Å²) in [5, 5.41) is 8.43. The van der Waals surface area contributed by atoms with Crippen LogP contribution in [0.3, 0.4) is 0 Å². The van der Waals surface area contributed by atoms with Crippen molar-refractivity contribution in [3.63, 3.8) is 0 Å². The van der Waals surface area contributed by atoms with Crippen molar-refractivity contribution in [2.75, 3.05) is 5.75 Å². The lowest BCUT2D eigenvalue weighted by Gasteiger charge is -2.10. The lowest BCUT2D eigenvalue weighted by molar-refractivity contribution is -0.129. The Kier molecular flexibility index (Phi) is 7.91. The van der Waals surface area contributed by atoms with Gasteiger partial charge in [0.2, 0.25) is 0 Å². The van der Waals surface area contributed by atoms with Gasteiger partial charge in [-0.25, -0.2) is 0 Å². The van der Waals surface area contributed by atoms with Crippen molar-refractivity contribution in [2.45, 2.75) is 44.0 Å². The fourth-order valence-corrected chi connectivity index (χ4v) is 2.24. The molecular weight excluding hydrogens is 247 g/mol. The van der Waals surface area contributed by atoms with E-state index in [2.05, 4.69) is 5.92 Å². The first-order valence-corrected chi connectivity index (χ1v) is 6.48. The lowest BCUT2D eigenvalue weighted by atomic mass is 10.0. The molecule has 2 atom stereocenters. The Balaban J connectivity index is 3.72. The average molecular weight is 263 g/mol. The molecule has 0 aliphatic heterocycles. The van der Waals surface area contributed by atoms with Crippen LogP contribution in [0, 0.1) is 29.6 Å². The Bertz CT molecular complexity index is 288. The number of halogens is 3. The summed E-state index contributed by atoms with van der Waals surface area (Å²) in [6, 6.07) is 2.02. The highest BCUT2D eigenvalue weighted by molar-refractivity contribution is 8.00. The number of alkyl halides is 3. The van der Waals surface area contributed by atoms with Gasteiger partial charge in [-0.3, -0.25) is 0 Å². The monoisotopic (exact) mass is 263 g/mol. The van der Waals surface area contributed by atoms with E-state index in [1.165, 1.54) is 0 Å². The van der Waals surface area contributed by atoms with Gasteiger partial charge >= 0.3 is 6.18 Å². The molecule has 0 bridgehead atoms. The smallest absolute Gasteiger partial charge is 0.197 e. The molecule has 1 nitrogen and oxygen atoms in total. The zero-order valence-electron chi connectivity index (χ0n) is 9.76. The van der Waals surface area contributed by atoms with E-state index in [9.17, 15) is 13.2 Å². The third kappa shape index (κ3) is 10.1. The summed E-state index contributed by atoms with van der Waals surface area (Å²) >= 11 is 1.07. The molecule has 5 heteroatoms. The molecule has 0 N–H and O–H groups in total. The van der Waals surface area contributed by atoms with Crippen molar-refractivity contribution in [1.29, 1.82) is 5.26 Å². The van der Waals surface area contributed by atoms with Crippen molar-refractivity contribution >= 4 is 11.8 Å². The van der Waals surface area contributed by atoms with E-state index in [0.29, 0.717) is 6.42 Å². The molecule has 0 aromatic carbocycles. The van der Waals surface area contributed by atoms with Crippen LogP contribution < -0.4 is 0 Å². The van der Waals surface area contributed by atoms with Crippen LogP contribution in [0.1, 0.15) is 32.6 Å². The highest BCUT2D eigenvalue weighted by Gasteiger charge is 2.26. The minimum atomic E-state index is -4.13. The van der Waals surface area contributed by atoms with E-state index in [1.807, 2.05) is 13.0 Å². The zero-order valence-corrected chi connectivity index (χ0v) is 10.6. The standard InChI is InChI=1S/C12H16F3NS/c1-3-10(2)5-4-6-11(9-16)17-8-7-12(13,14)15/h1,10-11H,4-8H2,2H3. The summed E-state index contributed by atoms with van der Waals surface area (Å²) in [7, 11) is 0. The molecule has 2 unspecified atom stereocenters. The second kappa shape index (κ2) is 8.31. The van der Waals surface area contributed by atoms with Gasteiger partial charge in [0.05, 0.1) is 17.7 Å². The zero-order chi connectivity index (χ0) is 13.3. The number of hydrogen-bond acceptors (Lipinski definition) is 2. The van der Waals surface area contributed by atoms with Crippen LogP contribution >= 0.6 is 11.8 Å². The van der Waals surface area contributed by atoms with E-state index in [-0.39, 0.29) is 16.9 Å². The van der Waals surface area contributed by atoms with Crippen LogP contribution in [0.25, 0.3) is 0 Å². The first kappa shape index (κ1) is 16.2. The first-order valence-electron chi connectivity index (χ1n) is 5.43. The Morgan fingerprint density at radius 1 is 1.35 bits per heavy atom. The van der Waals surface area contributed by atoms with Crippen molar-refractivity contribution in [2.24, 2.45) is 5.92 Å². The largest absolute Gasteiger partial charge is 0.389 e. The van der Waals surface area contributed by atoms with Crippen molar-refractivity contribution < 1.29 is 13.2 Å². The molecule has 0 aromatic heterocycles. The molecule has 0 saturated heterocycles. The normalized spacial score (nSPS) is 14.7. The summed E-state index contributed by atoms with van der Waals surface area (Å²) in [5.74, 6) is 2.69. The fourth-order valence-electron chi connectivity index (χ4n) is 1.19. The van der Waals surface area contributed by atoms with Gasteiger partial charge in [-0.1, -0.05) is 13.3 Å². The predicted octanol–water partition coefficient (Wildman–Crippen LogP) is 4.00. The Labute approximate surface area is 105 Å². The highest BCUT2D eigenvalue weighted by Crippen LogP contribution is 2.25. The molecule has 0 amide bonds. The predicted molar refractivity (Wildman–Crippen MR) is 64.4 cm³/mol. The van der Waals surface area contributed by atoms with Gasteiger partial charge in [-0.15, -0.1) is 24.1 Å². The van der Waals surface area contributed by atoms with E-state index in [4.69, 9.17) is 11.7 Å². The van der Waals surface area contributed by atoms with Crippen LogP contribution in [0.2, 0.25) is 0 Å². The highest BCUT2D eigenvalue weighted by atomic mass is 32.2. The van der Waals surface area contributed by atoms with E-state index >= 15 is 0 Å². The number of hydrogen-bond donors (Lipinski definition) is 0. The maximum Gasteiger partial charge on any atom is 0.389 e. The minimum Gasteiger partial charge on any atom is -0.197 e. The molecule has 0 fully saturated rings. The molecule has 17 heavy (non-hydrogen) atoms. The number of nitriles is 1. The molecule has 0 rings (SSSR count). The molecular formula is C12H16F3NS. The molecule has 0 aliphatic carbocycles. The first-order chi connectivity index (χ1) is 7.89. The summed E-state index contributed by atoms with van der Waals surface area (Å²) in [4.78, 5) is 0. The molecule has 0 aliphatic rings. The third-order valence-electron chi connectivity index (χ3n) is 2.24. The lowest BCUT2D eigenvalue weighted by Crippen LogP contribution is -2.10. The quantitative estimate of drug-likeness (QED) is 0.648. The minimum absolute atomic E-state index is 0.0492. The Morgan fingerprint density at radius 2 is 2.00 bits per heavy atom. The molecule has 0 saturated carbocycles. The van der Waals surface area contributed by atoms with Crippen LogP contribution in [0.5, 0.6) is 0 Å². The van der Waals surface area contributed by atoms with Gasteiger partial charge in [0.15, 0.2) is 0 Å². The van der Waals surface area contributed by atoms with Gasteiger partial charge in [-0.05, 0) is 12.8 Å². The van der Waals surface area contributed by atoms with E-state index in [0.717, 1.165) is 24.6 Å². The molecule has 0 aromatic rings.